The third-order valence-corrected chi connectivity index (χ3v) is 5.07. The van der Waals surface area contributed by atoms with Gasteiger partial charge in [-0.15, -0.1) is 0 Å². The molecule has 4 rings (SSSR count). The molecule has 1 saturated heterocycles. The minimum atomic E-state index is -0.404. The van der Waals surface area contributed by atoms with Crippen LogP contribution in [0, 0.1) is 6.92 Å². The second kappa shape index (κ2) is 6.79. The van der Waals surface area contributed by atoms with E-state index in [1.54, 1.807) is 6.07 Å². The first kappa shape index (κ1) is 16.6. The lowest BCUT2D eigenvalue weighted by Crippen LogP contribution is -2.35. The molecule has 0 N–H and O–H groups in total. The third kappa shape index (κ3) is 3.03. The molecule has 0 aliphatic carbocycles. The van der Waals surface area contributed by atoms with Crippen molar-refractivity contribution >= 4 is 16.9 Å². The average Bonchev–Trinajstić information content (AvgIpc) is 2.67. The SMILES string of the molecule is Cc1ccccc1-c1cc(=O)oc2cc(C(=O)N3CCCCC3)ccc12. The second-order valence-corrected chi connectivity index (χ2v) is 6.86. The predicted molar refractivity (Wildman–Crippen MR) is 102 cm³/mol. The van der Waals surface area contributed by atoms with Crippen LogP contribution in [0.5, 0.6) is 0 Å². The molecule has 4 heteroatoms. The maximum Gasteiger partial charge on any atom is 0.336 e. The first-order valence-electron chi connectivity index (χ1n) is 9.07. The zero-order chi connectivity index (χ0) is 18.1. The Hall–Kier alpha value is -2.88. The summed E-state index contributed by atoms with van der Waals surface area (Å²) >= 11 is 0. The van der Waals surface area contributed by atoms with E-state index in [9.17, 15) is 9.59 Å². The van der Waals surface area contributed by atoms with Crippen molar-refractivity contribution in [3.8, 4) is 11.1 Å². The summed E-state index contributed by atoms with van der Waals surface area (Å²) in [4.78, 5) is 26.7. The molecule has 0 radical (unpaired) electrons. The van der Waals surface area contributed by atoms with Gasteiger partial charge in [0.05, 0.1) is 0 Å². The summed E-state index contributed by atoms with van der Waals surface area (Å²) in [6.45, 7) is 3.61. The van der Waals surface area contributed by atoms with Gasteiger partial charge >= 0.3 is 5.63 Å². The smallest absolute Gasteiger partial charge is 0.336 e. The highest BCUT2D eigenvalue weighted by Gasteiger charge is 2.19. The van der Waals surface area contributed by atoms with Gasteiger partial charge in [-0.3, -0.25) is 4.79 Å². The van der Waals surface area contributed by atoms with Gasteiger partial charge in [-0.05, 0) is 55.5 Å². The molecule has 26 heavy (non-hydrogen) atoms. The van der Waals surface area contributed by atoms with Gasteiger partial charge in [-0.1, -0.05) is 24.3 Å². The van der Waals surface area contributed by atoms with Crippen LogP contribution in [0.25, 0.3) is 22.1 Å². The van der Waals surface area contributed by atoms with Gasteiger partial charge in [0.2, 0.25) is 0 Å². The van der Waals surface area contributed by atoms with Crippen LogP contribution in [0.2, 0.25) is 0 Å². The van der Waals surface area contributed by atoms with Crippen molar-refractivity contribution in [3.05, 3.63) is 70.1 Å². The van der Waals surface area contributed by atoms with Crippen molar-refractivity contribution < 1.29 is 9.21 Å². The molecule has 1 aliphatic heterocycles. The topological polar surface area (TPSA) is 50.5 Å². The standard InChI is InChI=1S/C22H21NO3/c1-15-7-3-4-8-17(15)19-14-21(24)26-20-13-16(9-10-18(19)20)22(25)23-11-5-2-6-12-23/h3-4,7-10,13-14H,2,5-6,11-12H2,1H3. The van der Waals surface area contributed by atoms with Gasteiger partial charge in [0.25, 0.3) is 5.91 Å². The molecule has 0 atom stereocenters. The van der Waals surface area contributed by atoms with Gasteiger partial charge in [0, 0.05) is 35.7 Å². The number of hydrogen-bond donors (Lipinski definition) is 0. The Bertz CT molecular complexity index is 1030. The van der Waals surface area contributed by atoms with E-state index in [-0.39, 0.29) is 5.91 Å². The second-order valence-electron chi connectivity index (χ2n) is 6.86. The highest BCUT2D eigenvalue weighted by atomic mass is 16.4. The highest BCUT2D eigenvalue weighted by molar-refractivity contribution is 6.01. The summed E-state index contributed by atoms with van der Waals surface area (Å²) in [7, 11) is 0. The Morgan fingerprint density at radius 2 is 1.73 bits per heavy atom. The quantitative estimate of drug-likeness (QED) is 0.646. The maximum atomic E-state index is 12.7. The molecule has 1 fully saturated rings. The monoisotopic (exact) mass is 347 g/mol. The molecule has 132 valence electrons. The molecule has 2 aromatic carbocycles. The van der Waals surface area contributed by atoms with Crippen LogP contribution in [-0.2, 0) is 0 Å². The number of aryl methyl sites for hydroxylation is 1. The van der Waals surface area contributed by atoms with Crippen molar-refractivity contribution in [2.45, 2.75) is 26.2 Å². The summed E-state index contributed by atoms with van der Waals surface area (Å²) in [5.41, 5.74) is 3.56. The molecule has 0 unspecified atom stereocenters. The minimum absolute atomic E-state index is 0.00976. The van der Waals surface area contributed by atoms with Crippen LogP contribution in [0.3, 0.4) is 0 Å². The lowest BCUT2D eigenvalue weighted by Gasteiger charge is -2.26. The summed E-state index contributed by atoms with van der Waals surface area (Å²) < 4.78 is 5.42. The third-order valence-electron chi connectivity index (χ3n) is 5.07. The molecule has 0 bridgehead atoms. The summed E-state index contributed by atoms with van der Waals surface area (Å²) in [5, 5.41) is 0.842. The van der Waals surface area contributed by atoms with Crippen molar-refractivity contribution in [1.82, 2.24) is 4.90 Å². The van der Waals surface area contributed by atoms with Gasteiger partial charge in [0.1, 0.15) is 5.58 Å². The first-order valence-corrected chi connectivity index (χ1v) is 9.07. The molecule has 0 spiro atoms. The van der Waals surface area contributed by atoms with Crippen molar-refractivity contribution in [1.29, 1.82) is 0 Å². The molecule has 0 saturated carbocycles. The van der Waals surface area contributed by atoms with Crippen LogP contribution in [0.15, 0.2) is 57.7 Å². The van der Waals surface area contributed by atoms with E-state index in [1.807, 2.05) is 48.2 Å². The molecule has 4 nitrogen and oxygen atoms in total. The number of piperidine rings is 1. The fourth-order valence-corrected chi connectivity index (χ4v) is 3.67. The molecule has 1 aliphatic rings. The zero-order valence-corrected chi connectivity index (χ0v) is 14.8. The number of carbonyl (C=O) groups excluding carboxylic acids is 1. The van der Waals surface area contributed by atoms with Gasteiger partial charge in [-0.25, -0.2) is 4.79 Å². The molecule has 1 aromatic heterocycles. The van der Waals surface area contributed by atoms with Crippen LogP contribution in [-0.4, -0.2) is 23.9 Å². The summed E-state index contributed by atoms with van der Waals surface area (Å²) in [5.74, 6) is 0.00976. The Morgan fingerprint density at radius 1 is 0.962 bits per heavy atom. The first-order chi connectivity index (χ1) is 12.6. The zero-order valence-electron chi connectivity index (χ0n) is 14.8. The van der Waals surface area contributed by atoms with Crippen molar-refractivity contribution in [3.63, 3.8) is 0 Å². The van der Waals surface area contributed by atoms with E-state index >= 15 is 0 Å². The predicted octanol–water partition coefficient (Wildman–Crippen LogP) is 4.39. The summed E-state index contributed by atoms with van der Waals surface area (Å²) in [6.07, 6.45) is 3.27. The van der Waals surface area contributed by atoms with E-state index < -0.39 is 5.63 Å². The number of hydrogen-bond acceptors (Lipinski definition) is 3. The average molecular weight is 347 g/mol. The highest BCUT2D eigenvalue weighted by Crippen LogP contribution is 2.30. The fourth-order valence-electron chi connectivity index (χ4n) is 3.67. The van der Waals surface area contributed by atoms with E-state index in [1.165, 1.54) is 12.5 Å². The molecule has 2 heterocycles. The minimum Gasteiger partial charge on any atom is -0.423 e. The molecular formula is C22H21NO3. The van der Waals surface area contributed by atoms with Crippen LogP contribution < -0.4 is 5.63 Å². The van der Waals surface area contributed by atoms with Crippen molar-refractivity contribution in [2.24, 2.45) is 0 Å². The van der Waals surface area contributed by atoms with Gasteiger partial charge in [-0.2, -0.15) is 0 Å². The lowest BCUT2D eigenvalue weighted by atomic mass is 9.97. The van der Waals surface area contributed by atoms with Crippen LogP contribution in [0.4, 0.5) is 0 Å². The normalized spacial score (nSPS) is 14.6. The molecule has 1 amide bonds. The fraction of sp³-hybridized carbons (Fsp3) is 0.273. The Labute approximate surface area is 152 Å². The van der Waals surface area contributed by atoms with E-state index in [0.29, 0.717) is 11.1 Å². The van der Waals surface area contributed by atoms with E-state index in [4.69, 9.17) is 4.42 Å². The molecular weight excluding hydrogens is 326 g/mol. The Kier molecular flexibility index (Phi) is 4.33. The lowest BCUT2D eigenvalue weighted by molar-refractivity contribution is 0.0724. The van der Waals surface area contributed by atoms with Crippen molar-refractivity contribution in [2.75, 3.05) is 13.1 Å². The van der Waals surface area contributed by atoms with E-state index in [2.05, 4.69) is 0 Å². The van der Waals surface area contributed by atoms with Gasteiger partial charge < -0.3 is 9.32 Å². The maximum absolute atomic E-state index is 12.7. The Morgan fingerprint density at radius 3 is 2.50 bits per heavy atom. The number of likely N-dealkylation sites (tertiary alicyclic amines) is 1. The number of benzene rings is 2. The largest absolute Gasteiger partial charge is 0.423 e. The molecule has 3 aromatic rings. The number of rotatable bonds is 2. The number of amides is 1. The summed E-state index contributed by atoms with van der Waals surface area (Å²) in [6, 6.07) is 14.9. The number of nitrogens with zero attached hydrogens (tertiary/aromatic N) is 1. The van der Waals surface area contributed by atoms with Crippen LogP contribution in [0.1, 0.15) is 35.2 Å². The van der Waals surface area contributed by atoms with Gasteiger partial charge in [0.15, 0.2) is 0 Å². The number of carbonyl (C=O) groups is 1. The number of fused-ring (bicyclic) bond motifs is 1. The Balaban J connectivity index is 1.81. The van der Waals surface area contributed by atoms with E-state index in [0.717, 1.165) is 48.0 Å². The van der Waals surface area contributed by atoms with Crippen LogP contribution >= 0.6 is 0 Å².